The number of nitrogen functional groups attached to an aromatic ring is 1. The standard InChI is InChI=1S/C21H21FN4O3/c1-2-29-21(28)18-11-17(24)15(12-25-18)20(27)26-9-3-4-19(26)14-6-5-13(7-8-23)16(22)10-14/h5-6,10-12,19H,2-4,7,9H2,1H3,(H2,24,25)/t19-/m1/s1. The number of amides is 1. The summed E-state index contributed by atoms with van der Waals surface area (Å²) >= 11 is 0. The molecule has 0 unspecified atom stereocenters. The van der Waals surface area contributed by atoms with Crippen LogP contribution in [-0.2, 0) is 11.2 Å². The van der Waals surface area contributed by atoms with Crippen LogP contribution in [0.15, 0.2) is 30.5 Å². The average molecular weight is 396 g/mol. The van der Waals surface area contributed by atoms with Gasteiger partial charge in [0.05, 0.1) is 30.7 Å². The van der Waals surface area contributed by atoms with Crippen LogP contribution in [0.4, 0.5) is 10.1 Å². The Balaban J connectivity index is 1.84. The molecule has 1 amide bonds. The third-order valence-electron chi connectivity index (χ3n) is 4.90. The van der Waals surface area contributed by atoms with E-state index < -0.39 is 11.8 Å². The van der Waals surface area contributed by atoms with E-state index in [2.05, 4.69) is 4.98 Å². The molecule has 29 heavy (non-hydrogen) atoms. The Morgan fingerprint density at radius 3 is 2.86 bits per heavy atom. The molecule has 2 heterocycles. The molecule has 1 aromatic heterocycles. The van der Waals surface area contributed by atoms with Gasteiger partial charge in [0.15, 0.2) is 0 Å². The second kappa shape index (κ2) is 8.69. The molecule has 2 aromatic rings. The number of carbonyl (C=O) groups excluding carboxylic acids is 2. The van der Waals surface area contributed by atoms with Crippen LogP contribution in [0.25, 0.3) is 0 Å². The van der Waals surface area contributed by atoms with Crippen molar-refractivity contribution in [1.82, 2.24) is 9.88 Å². The van der Waals surface area contributed by atoms with Crippen molar-refractivity contribution in [1.29, 1.82) is 5.26 Å². The fourth-order valence-corrected chi connectivity index (χ4v) is 3.48. The Bertz CT molecular complexity index is 986. The monoisotopic (exact) mass is 396 g/mol. The predicted octanol–water partition coefficient (Wildman–Crippen LogP) is 3.02. The number of rotatable bonds is 5. The van der Waals surface area contributed by atoms with E-state index in [-0.39, 0.29) is 41.9 Å². The predicted molar refractivity (Wildman–Crippen MR) is 103 cm³/mol. The SMILES string of the molecule is CCOC(=O)c1cc(N)c(C(=O)N2CCC[C@@H]2c2ccc(CC#N)c(F)c2)cn1. The number of aromatic nitrogens is 1. The van der Waals surface area contributed by atoms with E-state index in [0.717, 1.165) is 6.42 Å². The van der Waals surface area contributed by atoms with E-state index in [1.807, 2.05) is 6.07 Å². The third-order valence-corrected chi connectivity index (χ3v) is 4.90. The minimum absolute atomic E-state index is 0.00551. The van der Waals surface area contributed by atoms with Crippen LogP contribution >= 0.6 is 0 Å². The Morgan fingerprint density at radius 2 is 2.21 bits per heavy atom. The molecule has 1 atom stereocenters. The van der Waals surface area contributed by atoms with Gasteiger partial charge in [-0.25, -0.2) is 14.2 Å². The second-order valence-electron chi connectivity index (χ2n) is 6.72. The Hall–Kier alpha value is -3.47. The molecule has 0 radical (unpaired) electrons. The van der Waals surface area contributed by atoms with Crippen LogP contribution in [0.3, 0.4) is 0 Å². The van der Waals surface area contributed by atoms with Crippen molar-refractivity contribution >= 4 is 17.6 Å². The van der Waals surface area contributed by atoms with Crippen LogP contribution < -0.4 is 5.73 Å². The fraction of sp³-hybridized carbons (Fsp3) is 0.333. The fourth-order valence-electron chi connectivity index (χ4n) is 3.48. The highest BCUT2D eigenvalue weighted by Gasteiger charge is 2.32. The lowest BCUT2D eigenvalue weighted by molar-refractivity contribution is 0.0518. The number of anilines is 1. The maximum Gasteiger partial charge on any atom is 0.356 e. The lowest BCUT2D eigenvalue weighted by Crippen LogP contribution is -2.31. The van der Waals surface area contributed by atoms with Gasteiger partial charge in [-0.1, -0.05) is 12.1 Å². The van der Waals surface area contributed by atoms with E-state index in [0.29, 0.717) is 24.1 Å². The number of hydrogen-bond acceptors (Lipinski definition) is 6. The number of nitrogens with two attached hydrogens (primary N) is 1. The van der Waals surface area contributed by atoms with Crippen molar-refractivity contribution in [3.63, 3.8) is 0 Å². The van der Waals surface area contributed by atoms with Gasteiger partial charge in [0, 0.05) is 24.0 Å². The van der Waals surface area contributed by atoms with Gasteiger partial charge < -0.3 is 15.4 Å². The molecule has 1 aliphatic rings. The highest BCUT2D eigenvalue weighted by atomic mass is 19.1. The van der Waals surface area contributed by atoms with E-state index in [9.17, 15) is 14.0 Å². The number of hydrogen-bond donors (Lipinski definition) is 1. The maximum absolute atomic E-state index is 14.3. The number of carbonyl (C=O) groups is 2. The minimum Gasteiger partial charge on any atom is -0.461 e. The van der Waals surface area contributed by atoms with Gasteiger partial charge in [0.1, 0.15) is 11.5 Å². The first-order valence-corrected chi connectivity index (χ1v) is 9.35. The summed E-state index contributed by atoms with van der Waals surface area (Å²) in [4.78, 5) is 30.5. The summed E-state index contributed by atoms with van der Waals surface area (Å²) in [6.45, 7) is 2.40. The maximum atomic E-state index is 14.3. The van der Waals surface area contributed by atoms with E-state index in [1.54, 1.807) is 24.0 Å². The highest BCUT2D eigenvalue weighted by Crippen LogP contribution is 2.34. The number of pyridine rings is 1. The van der Waals surface area contributed by atoms with Gasteiger partial charge >= 0.3 is 5.97 Å². The van der Waals surface area contributed by atoms with Crippen LogP contribution in [0, 0.1) is 17.1 Å². The summed E-state index contributed by atoms with van der Waals surface area (Å²) in [6, 6.07) is 7.68. The molecule has 0 spiro atoms. The molecule has 1 fully saturated rings. The van der Waals surface area contributed by atoms with Crippen molar-refractivity contribution in [3.8, 4) is 6.07 Å². The van der Waals surface area contributed by atoms with E-state index in [1.165, 1.54) is 18.3 Å². The topological polar surface area (TPSA) is 109 Å². The van der Waals surface area contributed by atoms with Crippen LogP contribution in [0.5, 0.6) is 0 Å². The van der Waals surface area contributed by atoms with Crippen molar-refractivity contribution < 1.29 is 18.7 Å². The molecule has 8 heteroatoms. The zero-order chi connectivity index (χ0) is 21.0. The average Bonchev–Trinajstić information content (AvgIpc) is 3.19. The van der Waals surface area contributed by atoms with Gasteiger partial charge in [0.2, 0.25) is 0 Å². The summed E-state index contributed by atoms with van der Waals surface area (Å²) in [5.74, 6) is -1.39. The van der Waals surface area contributed by atoms with Crippen molar-refractivity contribution in [2.24, 2.45) is 0 Å². The van der Waals surface area contributed by atoms with Crippen LogP contribution in [0.1, 0.15) is 57.8 Å². The molecule has 3 rings (SSSR count). The number of ether oxygens (including phenoxy) is 1. The molecule has 1 saturated heterocycles. The number of benzene rings is 1. The molecule has 0 bridgehead atoms. The summed E-state index contributed by atoms with van der Waals surface area (Å²) in [5.41, 5.74) is 7.36. The summed E-state index contributed by atoms with van der Waals surface area (Å²) in [7, 11) is 0. The van der Waals surface area contributed by atoms with Crippen LogP contribution in [0.2, 0.25) is 0 Å². The summed E-state index contributed by atoms with van der Waals surface area (Å²) in [6.07, 6.45) is 2.73. The molecule has 150 valence electrons. The van der Waals surface area contributed by atoms with Crippen LogP contribution in [-0.4, -0.2) is 34.9 Å². The van der Waals surface area contributed by atoms with Crippen molar-refractivity contribution in [3.05, 3.63) is 58.7 Å². The summed E-state index contributed by atoms with van der Waals surface area (Å²) < 4.78 is 19.1. The molecular formula is C21H21FN4O3. The van der Waals surface area contributed by atoms with Crippen molar-refractivity contribution in [2.45, 2.75) is 32.2 Å². The number of nitrogens with zero attached hydrogens (tertiary/aromatic N) is 3. The zero-order valence-corrected chi connectivity index (χ0v) is 16.0. The first-order valence-electron chi connectivity index (χ1n) is 9.35. The van der Waals surface area contributed by atoms with Gasteiger partial charge in [-0.3, -0.25) is 4.79 Å². The third kappa shape index (κ3) is 4.19. The normalized spacial score (nSPS) is 15.8. The molecule has 0 aliphatic carbocycles. The highest BCUT2D eigenvalue weighted by molar-refractivity contribution is 6.00. The number of halogens is 1. The Kier molecular flexibility index (Phi) is 6.07. The van der Waals surface area contributed by atoms with Crippen molar-refractivity contribution in [2.75, 3.05) is 18.9 Å². The lowest BCUT2D eigenvalue weighted by atomic mass is 10.0. The number of likely N-dealkylation sites (tertiary alicyclic amines) is 1. The number of nitriles is 1. The van der Waals surface area contributed by atoms with Gasteiger partial charge in [-0.05, 0) is 37.5 Å². The quantitative estimate of drug-likeness (QED) is 0.778. The largest absolute Gasteiger partial charge is 0.461 e. The minimum atomic E-state index is -0.606. The van der Waals surface area contributed by atoms with E-state index in [4.69, 9.17) is 15.7 Å². The number of esters is 1. The second-order valence-corrected chi connectivity index (χ2v) is 6.72. The van der Waals surface area contributed by atoms with Gasteiger partial charge in [-0.2, -0.15) is 5.26 Å². The molecule has 2 N–H and O–H groups in total. The smallest absolute Gasteiger partial charge is 0.356 e. The lowest BCUT2D eigenvalue weighted by Gasteiger charge is -2.26. The zero-order valence-electron chi connectivity index (χ0n) is 16.0. The van der Waals surface area contributed by atoms with E-state index >= 15 is 0 Å². The Labute approximate surface area is 167 Å². The van der Waals surface area contributed by atoms with Gasteiger partial charge in [-0.15, -0.1) is 0 Å². The molecular weight excluding hydrogens is 375 g/mol. The van der Waals surface area contributed by atoms with Gasteiger partial charge in [0.25, 0.3) is 5.91 Å². The Morgan fingerprint density at radius 1 is 1.41 bits per heavy atom. The summed E-state index contributed by atoms with van der Waals surface area (Å²) in [5, 5.41) is 8.76. The molecule has 1 aliphatic heterocycles. The first-order chi connectivity index (χ1) is 14.0. The molecule has 0 saturated carbocycles. The molecule has 1 aromatic carbocycles. The first kappa shape index (κ1) is 20.3. The molecule has 7 nitrogen and oxygen atoms in total.